The lowest BCUT2D eigenvalue weighted by Crippen LogP contribution is -2.40. The molecule has 104 valence electrons. The summed E-state index contributed by atoms with van der Waals surface area (Å²) in [5.74, 6) is -0.0174. The van der Waals surface area contributed by atoms with Crippen LogP contribution in [-0.4, -0.2) is 17.9 Å². The van der Waals surface area contributed by atoms with E-state index in [1.165, 1.54) is 6.42 Å². The normalized spacial score (nSPS) is 16.2. The van der Waals surface area contributed by atoms with Gasteiger partial charge in [-0.1, -0.05) is 37.5 Å². The van der Waals surface area contributed by atoms with Gasteiger partial charge in [0.05, 0.1) is 6.04 Å². The summed E-state index contributed by atoms with van der Waals surface area (Å²) in [6.45, 7) is 0. The molecule has 0 unspecified atom stereocenters. The predicted octanol–water partition coefficient (Wildman–Crippen LogP) is 2.18. The van der Waals surface area contributed by atoms with Crippen molar-refractivity contribution in [1.29, 1.82) is 5.26 Å². The molecule has 2 rings (SSSR count). The largest absolute Gasteiger partial charge is 0.292 e. The van der Waals surface area contributed by atoms with E-state index in [9.17, 15) is 4.79 Å². The molecule has 0 saturated heterocycles. The van der Waals surface area contributed by atoms with Gasteiger partial charge in [-0.25, -0.2) is 4.99 Å². The molecule has 0 spiro atoms. The number of carbonyl (C=O) groups is 1. The summed E-state index contributed by atoms with van der Waals surface area (Å²) in [4.78, 5) is 16.5. The van der Waals surface area contributed by atoms with Crippen molar-refractivity contribution >= 4 is 11.9 Å². The maximum Gasteiger partial charge on any atom is 0.257 e. The lowest BCUT2D eigenvalue weighted by molar-refractivity contribution is 0.0976. The van der Waals surface area contributed by atoms with Crippen LogP contribution in [0.2, 0.25) is 0 Å². The fourth-order valence-electron chi connectivity index (χ4n) is 2.31. The Hall–Kier alpha value is -2.35. The van der Waals surface area contributed by atoms with Gasteiger partial charge in [-0.2, -0.15) is 5.26 Å². The summed E-state index contributed by atoms with van der Waals surface area (Å²) in [6, 6.07) is 9.08. The van der Waals surface area contributed by atoms with Crippen LogP contribution in [0, 0.1) is 11.5 Å². The van der Waals surface area contributed by atoms with Crippen LogP contribution in [0.15, 0.2) is 35.3 Å². The Balaban J connectivity index is 2.03. The van der Waals surface area contributed by atoms with Gasteiger partial charge in [0, 0.05) is 5.56 Å². The average molecular weight is 270 g/mol. The predicted molar refractivity (Wildman–Crippen MR) is 77.0 cm³/mol. The smallest absolute Gasteiger partial charge is 0.257 e. The van der Waals surface area contributed by atoms with E-state index in [1.807, 2.05) is 12.3 Å². The molecule has 1 amide bonds. The van der Waals surface area contributed by atoms with Gasteiger partial charge in [-0.15, -0.1) is 0 Å². The topological polar surface area (TPSA) is 77.3 Å². The molecule has 1 aliphatic carbocycles. The van der Waals surface area contributed by atoms with Gasteiger partial charge in [-0.3, -0.25) is 15.4 Å². The molecule has 0 bridgehead atoms. The molecular weight excluding hydrogens is 252 g/mol. The Morgan fingerprint density at radius 2 is 1.90 bits per heavy atom. The molecular formula is C15H18N4O. The zero-order valence-corrected chi connectivity index (χ0v) is 11.3. The molecule has 0 atom stereocenters. The van der Waals surface area contributed by atoms with Gasteiger partial charge in [0.25, 0.3) is 5.91 Å². The number of benzene rings is 1. The van der Waals surface area contributed by atoms with Gasteiger partial charge in [0.2, 0.25) is 5.96 Å². The minimum Gasteiger partial charge on any atom is -0.292 e. The molecule has 5 nitrogen and oxygen atoms in total. The van der Waals surface area contributed by atoms with Crippen LogP contribution in [0.3, 0.4) is 0 Å². The van der Waals surface area contributed by atoms with Crippen molar-refractivity contribution in [3.63, 3.8) is 0 Å². The maximum atomic E-state index is 12.0. The zero-order chi connectivity index (χ0) is 14.2. The fraction of sp³-hybridized carbons (Fsp3) is 0.400. The van der Waals surface area contributed by atoms with Crippen molar-refractivity contribution in [2.45, 2.75) is 38.1 Å². The monoisotopic (exact) mass is 270 g/mol. The average Bonchev–Trinajstić information content (AvgIpc) is 2.49. The number of hydrogen-bond donors (Lipinski definition) is 2. The second-order valence-corrected chi connectivity index (χ2v) is 4.83. The molecule has 1 saturated carbocycles. The van der Waals surface area contributed by atoms with Crippen molar-refractivity contribution in [2.24, 2.45) is 4.99 Å². The van der Waals surface area contributed by atoms with Crippen molar-refractivity contribution in [1.82, 2.24) is 10.6 Å². The first-order chi connectivity index (χ1) is 9.79. The Morgan fingerprint density at radius 3 is 2.55 bits per heavy atom. The third-order valence-corrected chi connectivity index (χ3v) is 3.33. The van der Waals surface area contributed by atoms with Crippen molar-refractivity contribution in [2.75, 3.05) is 0 Å². The molecule has 1 aromatic carbocycles. The Morgan fingerprint density at radius 1 is 1.20 bits per heavy atom. The molecule has 2 N–H and O–H groups in total. The minimum absolute atomic E-state index is 0.190. The molecule has 5 heteroatoms. The molecule has 0 aliphatic heterocycles. The zero-order valence-electron chi connectivity index (χ0n) is 11.3. The number of hydrogen-bond acceptors (Lipinski definition) is 3. The highest BCUT2D eigenvalue weighted by Crippen LogP contribution is 2.20. The highest BCUT2D eigenvalue weighted by atomic mass is 16.1. The van der Waals surface area contributed by atoms with Crippen molar-refractivity contribution in [3.8, 4) is 6.19 Å². The van der Waals surface area contributed by atoms with Crippen LogP contribution in [0.1, 0.15) is 42.5 Å². The molecule has 0 aromatic heterocycles. The van der Waals surface area contributed by atoms with Gasteiger partial charge >= 0.3 is 0 Å². The highest BCUT2D eigenvalue weighted by molar-refractivity contribution is 6.06. The molecule has 1 fully saturated rings. The summed E-state index contributed by atoms with van der Waals surface area (Å²) in [6.07, 6.45) is 7.39. The Bertz CT molecular complexity index is 512. The molecule has 0 heterocycles. The summed E-state index contributed by atoms with van der Waals surface area (Å²) >= 11 is 0. The third kappa shape index (κ3) is 4.09. The summed E-state index contributed by atoms with van der Waals surface area (Å²) in [5.41, 5.74) is 0.545. The van der Waals surface area contributed by atoms with Gasteiger partial charge in [-0.05, 0) is 25.0 Å². The first-order valence-corrected chi connectivity index (χ1v) is 6.89. The van der Waals surface area contributed by atoms with E-state index in [4.69, 9.17) is 5.26 Å². The number of nitrogens with zero attached hydrogens (tertiary/aromatic N) is 2. The Kier molecular flexibility index (Phi) is 5.13. The molecule has 1 aliphatic rings. The SMILES string of the molecule is N#CNC(=NC1CCCCC1)NC(=O)c1ccccc1. The number of rotatable bonds is 2. The van der Waals surface area contributed by atoms with Crippen LogP contribution in [-0.2, 0) is 0 Å². The number of carbonyl (C=O) groups excluding carboxylic acids is 1. The lowest BCUT2D eigenvalue weighted by atomic mass is 9.96. The highest BCUT2D eigenvalue weighted by Gasteiger charge is 2.15. The number of nitriles is 1. The third-order valence-electron chi connectivity index (χ3n) is 3.33. The van der Waals surface area contributed by atoms with Crippen LogP contribution in [0.5, 0.6) is 0 Å². The second kappa shape index (κ2) is 7.29. The summed E-state index contributed by atoms with van der Waals surface area (Å²) < 4.78 is 0. The van der Waals surface area contributed by atoms with Crippen LogP contribution in [0.4, 0.5) is 0 Å². The van der Waals surface area contributed by atoms with E-state index in [-0.39, 0.29) is 17.9 Å². The van der Waals surface area contributed by atoms with E-state index in [1.54, 1.807) is 24.3 Å². The maximum absolute atomic E-state index is 12.0. The van der Waals surface area contributed by atoms with Crippen molar-refractivity contribution < 1.29 is 4.79 Å². The van der Waals surface area contributed by atoms with Gasteiger partial charge in [0.15, 0.2) is 6.19 Å². The summed E-state index contributed by atoms with van der Waals surface area (Å²) in [5, 5.41) is 13.9. The van der Waals surface area contributed by atoms with E-state index >= 15 is 0 Å². The van der Waals surface area contributed by atoms with Crippen LogP contribution >= 0.6 is 0 Å². The van der Waals surface area contributed by atoms with E-state index in [2.05, 4.69) is 15.6 Å². The van der Waals surface area contributed by atoms with Gasteiger partial charge in [0.1, 0.15) is 0 Å². The Labute approximate surface area is 118 Å². The molecule has 20 heavy (non-hydrogen) atoms. The second-order valence-electron chi connectivity index (χ2n) is 4.83. The van der Waals surface area contributed by atoms with Gasteiger partial charge < -0.3 is 0 Å². The van der Waals surface area contributed by atoms with E-state index in [0.717, 1.165) is 25.7 Å². The first-order valence-electron chi connectivity index (χ1n) is 6.89. The minimum atomic E-state index is -0.261. The first kappa shape index (κ1) is 14.1. The number of guanidine groups is 1. The lowest BCUT2D eigenvalue weighted by Gasteiger charge is -2.18. The summed E-state index contributed by atoms with van der Waals surface area (Å²) in [7, 11) is 0. The van der Waals surface area contributed by atoms with Crippen molar-refractivity contribution in [3.05, 3.63) is 35.9 Å². The van der Waals surface area contributed by atoms with Crippen LogP contribution in [0.25, 0.3) is 0 Å². The number of amides is 1. The molecule has 1 aromatic rings. The molecule has 0 radical (unpaired) electrons. The number of aliphatic imine (C=N–C) groups is 1. The number of nitrogens with one attached hydrogen (secondary N) is 2. The quantitative estimate of drug-likeness (QED) is 0.374. The fourth-order valence-corrected chi connectivity index (χ4v) is 2.31. The van der Waals surface area contributed by atoms with E-state index in [0.29, 0.717) is 5.56 Å². The van der Waals surface area contributed by atoms with E-state index < -0.39 is 0 Å². The standard InChI is InChI=1S/C15H18N4O/c16-11-17-15(18-13-9-5-2-6-10-13)19-14(20)12-7-3-1-4-8-12/h1,3-4,7-8,13H,2,5-6,9-10H2,(H2,17,18,19,20). The van der Waals surface area contributed by atoms with Crippen LogP contribution < -0.4 is 10.6 Å².